The number of benzene rings is 9. The van der Waals surface area contributed by atoms with E-state index < -0.39 is 5.41 Å². The molecule has 3 nitrogen and oxygen atoms in total. The minimum atomic E-state index is -0.398. The largest absolute Gasteiger partial charge is 0.208 e. The Hall–Kier alpha value is -7.49. The summed E-state index contributed by atoms with van der Waals surface area (Å²) in [6.07, 6.45) is 0. The summed E-state index contributed by atoms with van der Waals surface area (Å²) in [6.45, 7) is 0. The molecule has 0 bridgehead atoms. The zero-order chi connectivity index (χ0) is 37.5. The van der Waals surface area contributed by atoms with Gasteiger partial charge in [0.05, 0.1) is 5.41 Å². The Morgan fingerprint density at radius 1 is 0.263 bits per heavy atom. The van der Waals surface area contributed by atoms with E-state index in [1.165, 1.54) is 60.8 Å². The predicted octanol–water partition coefficient (Wildman–Crippen LogP) is 13.2. The van der Waals surface area contributed by atoms with Crippen LogP contribution in [0.5, 0.6) is 0 Å². The van der Waals surface area contributed by atoms with Crippen molar-refractivity contribution in [3.8, 4) is 67.5 Å². The van der Waals surface area contributed by atoms with Crippen molar-refractivity contribution in [2.24, 2.45) is 0 Å². The summed E-state index contributed by atoms with van der Waals surface area (Å²) < 4.78 is 0. The smallest absolute Gasteiger partial charge is 0.164 e. The summed E-state index contributed by atoms with van der Waals surface area (Å²) in [4.78, 5) is 15.5. The van der Waals surface area contributed by atoms with Gasteiger partial charge >= 0.3 is 0 Å². The molecule has 10 aromatic rings. The fraction of sp³-hybridized carbons (Fsp3) is 0.0185. The van der Waals surface area contributed by atoms with Crippen molar-refractivity contribution in [2.75, 3.05) is 0 Å². The van der Waals surface area contributed by atoms with Crippen LogP contribution in [0.3, 0.4) is 0 Å². The first kappa shape index (κ1) is 31.8. The molecule has 3 heteroatoms. The molecule has 1 spiro atoms. The lowest BCUT2D eigenvalue weighted by molar-refractivity contribution is 0.794. The summed E-state index contributed by atoms with van der Waals surface area (Å²) >= 11 is 0. The molecule has 0 saturated heterocycles. The van der Waals surface area contributed by atoms with Gasteiger partial charge in [-0.15, -0.1) is 0 Å². The highest BCUT2D eigenvalue weighted by atomic mass is 15.0. The van der Waals surface area contributed by atoms with Crippen molar-refractivity contribution in [2.45, 2.75) is 5.41 Å². The zero-order valence-electron chi connectivity index (χ0n) is 30.9. The Morgan fingerprint density at radius 3 is 1.25 bits per heavy atom. The van der Waals surface area contributed by atoms with Crippen LogP contribution in [-0.2, 0) is 5.41 Å². The van der Waals surface area contributed by atoms with Gasteiger partial charge in [-0.25, -0.2) is 15.0 Å². The molecule has 0 amide bonds. The number of nitrogens with zero attached hydrogens (tertiary/aromatic N) is 3. The summed E-state index contributed by atoms with van der Waals surface area (Å²) in [5, 5.41) is 4.66. The summed E-state index contributed by atoms with van der Waals surface area (Å²) in [6, 6.07) is 72.2. The van der Waals surface area contributed by atoms with Gasteiger partial charge in [0.15, 0.2) is 17.5 Å². The number of hydrogen-bond donors (Lipinski definition) is 0. The van der Waals surface area contributed by atoms with Gasteiger partial charge in [-0.3, -0.25) is 0 Å². The minimum Gasteiger partial charge on any atom is -0.208 e. The molecule has 264 valence electrons. The highest BCUT2D eigenvalue weighted by molar-refractivity contribution is 6.00. The number of rotatable bonds is 4. The maximum atomic E-state index is 5.20. The molecule has 0 N–H and O–H groups in total. The number of fused-ring (bicyclic) bond motifs is 12. The second-order valence-electron chi connectivity index (χ2n) is 15.1. The van der Waals surface area contributed by atoms with Crippen molar-refractivity contribution in [3.05, 3.63) is 222 Å². The first-order valence-electron chi connectivity index (χ1n) is 19.5. The average Bonchev–Trinajstić information content (AvgIpc) is 3.76. The SMILES string of the molecule is c1cc(-c2nc(-c3ccc4ccccc4c3)nc(-c3ccc4ccccc4c3)n2)cc(-c2cccc3c2-c2ccccc2C32c3ccccc3-c3ccccc32)c1. The van der Waals surface area contributed by atoms with E-state index in [2.05, 4.69) is 200 Å². The quantitative estimate of drug-likeness (QED) is 0.181. The zero-order valence-corrected chi connectivity index (χ0v) is 30.9. The van der Waals surface area contributed by atoms with Gasteiger partial charge in [-0.2, -0.15) is 0 Å². The van der Waals surface area contributed by atoms with Crippen LogP contribution < -0.4 is 0 Å². The fourth-order valence-electron chi connectivity index (χ4n) is 9.63. The van der Waals surface area contributed by atoms with E-state index in [0.717, 1.165) is 33.0 Å². The number of hydrogen-bond acceptors (Lipinski definition) is 3. The lowest BCUT2D eigenvalue weighted by Gasteiger charge is -2.30. The third-order valence-corrected chi connectivity index (χ3v) is 12.1. The van der Waals surface area contributed by atoms with Crippen molar-refractivity contribution < 1.29 is 0 Å². The maximum Gasteiger partial charge on any atom is 0.164 e. The molecule has 1 heterocycles. The van der Waals surface area contributed by atoms with E-state index in [-0.39, 0.29) is 0 Å². The van der Waals surface area contributed by atoms with Crippen LogP contribution in [0.2, 0.25) is 0 Å². The van der Waals surface area contributed by atoms with E-state index in [0.29, 0.717) is 17.5 Å². The molecule has 0 fully saturated rings. The first-order chi connectivity index (χ1) is 28.2. The van der Waals surface area contributed by atoms with Crippen LogP contribution in [0.1, 0.15) is 22.3 Å². The lowest BCUT2D eigenvalue weighted by atomic mass is 9.70. The molecule has 0 saturated carbocycles. The second kappa shape index (κ2) is 12.3. The molecule has 0 atom stereocenters. The average molecular weight is 724 g/mol. The first-order valence-corrected chi connectivity index (χ1v) is 19.5. The van der Waals surface area contributed by atoms with Gasteiger partial charge in [0.2, 0.25) is 0 Å². The Morgan fingerprint density at radius 2 is 0.667 bits per heavy atom. The Kier molecular flexibility index (Phi) is 6.84. The van der Waals surface area contributed by atoms with Gasteiger partial charge in [0, 0.05) is 16.7 Å². The van der Waals surface area contributed by atoms with Gasteiger partial charge in [0.1, 0.15) is 0 Å². The summed E-state index contributed by atoms with van der Waals surface area (Å²) in [7, 11) is 0. The number of aromatic nitrogens is 3. The molecule has 0 aliphatic heterocycles. The second-order valence-corrected chi connectivity index (χ2v) is 15.1. The van der Waals surface area contributed by atoms with Crippen LogP contribution in [0.25, 0.3) is 89.1 Å². The van der Waals surface area contributed by atoms with Crippen molar-refractivity contribution in [1.82, 2.24) is 15.0 Å². The van der Waals surface area contributed by atoms with Gasteiger partial charge in [0.25, 0.3) is 0 Å². The fourth-order valence-corrected chi connectivity index (χ4v) is 9.63. The van der Waals surface area contributed by atoms with Gasteiger partial charge in [-0.05, 0) is 95.4 Å². The molecular weight excluding hydrogens is 691 g/mol. The highest BCUT2D eigenvalue weighted by Gasteiger charge is 2.51. The van der Waals surface area contributed by atoms with Gasteiger partial charge in [-0.1, -0.05) is 182 Å². The van der Waals surface area contributed by atoms with E-state index in [1.807, 2.05) is 0 Å². The molecule has 12 rings (SSSR count). The third kappa shape index (κ3) is 4.69. The van der Waals surface area contributed by atoms with Gasteiger partial charge < -0.3 is 0 Å². The Labute approximate surface area is 330 Å². The molecule has 2 aliphatic carbocycles. The summed E-state index contributed by atoms with van der Waals surface area (Å²) in [5.74, 6) is 1.94. The van der Waals surface area contributed by atoms with Crippen LogP contribution in [0, 0.1) is 0 Å². The Balaban J connectivity index is 1.05. The normalized spacial score (nSPS) is 13.1. The topological polar surface area (TPSA) is 38.7 Å². The highest BCUT2D eigenvalue weighted by Crippen LogP contribution is 2.63. The maximum absolute atomic E-state index is 5.20. The van der Waals surface area contributed by atoms with E-state index in [1.54, 1.807) is 0 Å². The molecule has 9 aromatic carbocycles. The lowest BCUT2D eigenvalue weighted by Crippen LogP contribution is -2.25. The van der Waals surface area contributed by atoms with Crippen molar-refractivity contribution in [3.63, 3.8) is 0 Å². The molecule has 0 radical (unpaired) electrons. The monoisotopic (exact) mass is 723 g/mol. The van der Waals surface area contributed by atoms with Crippen LogP contribution in [-0.4, -0.2) is 15.0 Å². The van der Waals surface area contributed by atoms with Crippen LogP contribution >= 0.6 is 0 Å². The Bertz CT molecular complexity index is 3130. The van der Waals surface area contributed by atoms with Crippen LogP contribution in [0.4, 0.5) is 0 Å². The van der Waals surface area contributed by atoms with E-state index in [9.17, 15) is 0 Å². The molecule has 2 aliphatic rings. The third-order valence-electron chi connectivity index (χ3n) is 12.1. The van der Waals surface area contributed by atoms with E-state index in [4.69, 9.17) is 15.0 Å². The molecule has 0 unspecified atom stereocenters. The van der Waals surface area contributed by atoms with Crippen molar-refractivity contribution in [1.29, 1.82) is 0 Å². The van der Waals surface area contributed by atoms with E-state index >= 15 is 0 Å². The molecule has 1 aromatic heterocycles. The standard InChI is InChI=1S/C54H33N3/c1-3-15-36-31-40(29-27-34(36)13-1)52-55-51(56-53(57-52)41-30-28-35-14-2-4-16-37(35)32-41)39-18-11-17-38(33-39)42-22-12-26-49-50(42)45-21-7-10-25-48(45)54(49)46-23-8-5-19-43(46)44-20-6-9-24-47(44)54/h1-33H. The molecule has 57 heavy (non-hydrogen) atoms. The van der Waals surface area contributed by atoms with Crippen LogP contribution in [0.15, 0.2) is 200 Å². The molecular formula is C54H33N3. The predicted molar refractivity (Wildman–Crippen MR) is 233 cm³/mol. The summed E-state index contributed by atoms with van der Waals surface area (Å²) in [5.41, 5.74) is 15.3. The minimum absolute atomic E-state index is 0.398. The van der Waals surface area contributed by atoms with Crippen molar-refractivity contribution >= 4 is 21.5 Å².